The first-order valence-corrected chi connectivity index (χ1v) is 7.67. The van der Waals surface area contributed by atoms with Crippen molar-refractivity contribution in [2.45, 2.75) is 0 Å². The van der Waals surface area contributed by atoms with Crippen LogP contribution in [0.4, 0.5) is 0 Å². The van der Waals surface area contributed by atoms with Crippen LogP contribution >= 0.6 is 6.04 Å². The van der Waals surface area contributed by atoms with E-state index in [2.05, 4.69) is 0 Å². The van der Waals surface area contributed by atoms with Crippen LogP contribution in [0.3, 0.4) is 0 Å². The Bertz CT molecular complexity index is 200. The molecular formula is C6H15N3PS+3. The number of hydrogen-bond donors (Lipinski definition) is 3. The van der Waals surface area contributed by atoms with Crippen molar-refractivity contribution >= 4 is 17.8 Å². The highest BCUT2D eigenvalue weighted by atomic mass is 32.4. The van der Waals surface area contributed by atoms with Gasteiger partial charge in [-0.25, -0.2) is 14.7 Å². The Labute approximate surface area is 71.9 Å². The second kappa shape index (κ2) is 2.06. The van der Waals surface area contributed by atoms with Crippen molar-refractivity contribution in [1.82, 2.24) is 0 Å². The zero-order valence-electron chi connectivity index (χ0n) is 6.60. The van der Waals surface area contributed by atoms with Crippen LogP contribution in [-0.2, 0) is 11.8 Å². The molecule has 3 nitrogen and oxygen atoms in total. The molecule has 3 N–H and O–H groups in total. The molecule has 0 aromatic heterocycles. The van der Waals surface area contributed by atoms with E-state index in [9.17, 15) is 0 Å². The van der Waals surface area contributed by atoms with E-state index in [1.54, 1.807) is 14.7 Å². The summed E-state index contributed by atoms with van der Waals surface area (Å²) < 4.78 is 0. The van der Waals surface area contributed by atoms with Crippen LogP contribution in [0.25, 0.3) is 0 Å². The molecule has 0 aromatic carbocycles. The van der Waals surface area contributed by atoms with E-state index in [0.29, 0.717) is 0 Å². The highest BCUT2D eigenvalue weighted by Crippen LogP contribution is 2.41. The van der Waals surface area contributed by atoms with Gasteiger partial charge in [-0.2, -0.15) is 0 Å². The molecule has 62 valence electrons. The van der Waals surface area contributed by atoms with Gasteiger partial charge in [-0.1, -0.05) is 11.8 Å². The van der Waals surface area contributed by atoms with Crippen LogP contribution in [0.1, 0.15) is 0 Å². The molecule has 11 heavy (non-hydrogen) atoms. The van der Waals surface area contributed by atoms with Gasteiger partial charge in [-0.3, -0.25) is 0 Å². The smallest absolute Gasteiger partial charge is 0.213 e. The quantitative estimate of drug-likeness (QED) is 0.332. The highest BCUT2D eigenvalue weighted by Gasteiger charge is 2.51. The van der Waals surface area contributed by atoms with E-state index in [-0.39, 0.29) is 0 Å². The second-order valence-corrected chi connectivity index (χ2v) is 9.70. The summed E-state index contributed by atoms with van der Waals surface area (Å²) >= 11 is 5.74. The molecule has 4 saturated heterocycles. The lowest BCUT2D eigenvalue weighted by Crippen LogP contribution is -3.53. The fourth-order valence-corrected chi connectivity index (χ4v) is 8.07. The van der Waals surface area contributed by atoms with Crippen molar-refractivity contribution in [2.24, 2.45) is 0 Å². The van der Waals surface area contributed by atoms with Crippen molar-refractivity contribution in [3.05, 3.63) is 0 Å². The molecule has 4 fully saturated rings. The molecule has 0 aromatic rings. The standard InChI is InChI=1S/C6H12N3PS/c11-10-4-7-1-8(5-10)3-9(2-7)6-10/h1-6H2/p+3. The summed E-state index contributed by atoms with van der Waals surface area (Å²) in [6.45, 7) is 4.09. The van der Waals surface area contributed by atoms with Crippen molar-refractivity contribution in [1.29, 1.82) is 0 Å². The van der Waals surface area contributed by atoms with Gasteiger partial charge in [-0.05, 0) is 0 Å². The summed E-state index contributed by atoms with van der Waals surface area (Å²) in [4.78, 5) is 5.38. The van der Waals surface area contributed by atoms with Crippen LogP contribution < -0.4 is 14.7 Å². The molecule has 0 radical (unpaired) electrons. The minimum Gasteiger partial charge on any atom is -0.238 e. The maximum absolute atomic E-state index is 5.74. The number of quaternary nitrogens is 3. The van der Waals surface area contributed by atoms with E-state index in [1.165, 1.54) is 38.9 Å². The summed E-state index contributed by atoms with van der Waals surface area (Å²) in [6, 6.07) is -0.848. The lowest BCUT2D eigenvalue weighted by atomic mass is 10.5. The zero-order chi connectivity index (χ0) is 7.47. The van der Waals surface area contributed by atoms with Crippen LogP contribution in [0, 0.1) is 0 Å². The average Bonchev–Trinajstić information content (AvgIpc) is 1.79. The molecule has 5 heteroatoms. The SMILES string of the molecule is S=P12C[NH+]3C[NH+](C[NH+](C3)C1)C2. The van der Waals surface area contributed by atoms with Gasteiger partial charge in [0.2, 0.25) is 20.0 Å². The fraction of sp³-hybridized carbons (Fsp3) is 1.00. The molecule has 4 aliphatic heterocycles. The third kappa shape index (κ3) is 1.01. The van der Waals surface area contributed by atoms with E-state index < -0.39 is 6.04 Å². The van der Waals surface area contributed by atoms with E-state index in [0.717, 1.165) is 0 Å². The Hall–Kier alpha value is 0.530. The maximum atomic E-state index is 5.74. The second-order valence-electron chi connectivity index (χ2n) is 4.31. The first-order chi connectivity index (χ1) is 5.23. The molecular weight excluding hydrogens is 177 g/mol. The Morgan fingerprint density at radius 1 is 0.818 bits per heavy atom. The maximum Gasteiger partial charge on any atom is 0.213 e. The molecule has 0 spiro atoms. The minimum absolute atomic E-state index is 0.848. The monoisotopic (exact) mass is 192 g/mol. The lowest BCUT2D eigenvalue weighted by molar-refractivity contribution is -1.27. The van der Waals surface area contributed by atoms with Gasteiger partial charge in [0.15, 0.2) is 0 Å². The van der Waals surface area contributed by atoms with Gasteiger partial charge in [-0.15, -0.1) is 0 Å². The number of hydrogen-bond acceptors (Lipinski definition) is 1. The van der Waals surface area contributed by atoms with Gasteiger partial charge in [0.05, 0.1) is 0 Å². The first kappa shape index (κ1) is 6.98. The highest BCUT2D eigenvalue weighted by molar-refractivity contribution is 8.14. The predicted molar refractivity (Wildman–Crippen MR) is 46.4 cm³/mol. The van der Waals surface area contributed by atoms with E-state index >= 15 is 0 Å². The van der Waals surface area contributed by atoms with Crippen molar-refractivity contribution in [2.75, 3.05) is 38.9 Å². The summed E-state index contributed by atoms with van der Waals surface area (Å²) in [7, 11) is 0. The van der Waals surface area contributed by atoms with Crippen LogP contribution in [0.2, 0.25) is 0 Å². The van der Waals surface area contributed by atoms with Crippen LogP contribution in [0.15, 0.2) is 0 Å². The molecule has 4 bridgehead atoms. The summed E-state index contributed by atoms with van der Waals surface area (Å²) in [5, 5.41) is 0. The molecule has 0 saturated carbocycles. The molecule has 0 unspecified atom stereocenters. The van der Waals surface area contributed by atoms with Crippen LogP contribution in [-0.4, -0.2) is 38.9 Å². The Morgan fingerprint density at radius 2 is 1.18 bits per heavy atom. The average molecular weight is 192 g/mol. The first-order valence-electron chi connectivity index (χ1n) is 4.31. The summed E-state index contributed by atoms with van der Waals surface area (Å²) in [5.41, 5.74) is 0. The van der Waals surface area contributed by atoms with Gasteiger partial charge in [0.1, 0.15) is 24.9 Å². The van der Waals surface area contributed by atoms with Gasteiger partial charge >= 0.3 is 0 Å². The minimum atomic E-state index is -0.848. The molecule has 4 heterocycles. The Balaban J connectivity index is 2.00. The van der Waals surface area contributed by atoms with Crippen molar-refractivity contribution in [3.63, 3.8) is 0 Å². The summed E-state index contributed by atoms with van der Waals surface area (Å²) in [6.07, 6.45) is 4.11. The zero-order valence-corrected chi connectivity index (χ0v) is 8.31. The number of rotatable bonds is 0. The number of nitrogens with one attached hydrogen (secondary N) is 3. The molecule has 0 atom stereocenters. The van der Waals surface area contributed by atoms with E-state index in [4.69, 9.17) is 11.8 Å². The largest absolute Gasteiger partial charge is 0.238 e. The van der Waals surface area contributed by atoms with Gasteiger partial charge in [0, 0.05) is 0 Å². The van der Waals surface area contributed by atoms with E-state index in [1.807, 2.05) is 0 Å². The van der Waals surface area contributed by atoms with Gasteiger partial charge in [0.25, 0.3) is 0 Å². The Morgan fingerprint density at radius 3 is 1.45 bits per heavy atom. The Kier molecular flexibility index (Phi) is 1.31. The third-order valence-electron chi connectivity index (χ3n) is 3.04. The topological polar surface area (TPSA) is 13.3 Å². The van der Waals surface area contributed by atoms with Crippen molar-refractivity contribution in [3.8, 4) is 0 Å². The van der Waals surface area contributed by atoms with Crippen molar-refractivity contribution < 1.29 is 14.7 Å². The van der Waals surface area contributed by atoms with Crippen LogP contribution in [0.5, 0.6) is 0 Å². The molecule has 0 aliphatic carbocycles. The molecule has 4 rings (SSSR count). The molecule has 0 amide bonds. The fourth-order valence-electron chi connectivity index (χ4n) is 2.97. The third-order valence-corrected chi connectivity index (χ3v) is 7.27. The predicted octanol–water partition coefficient (Wildman–Crippen LogP) is -4.09. The normalized spacial score (nSPS) is 60.2. The lowest BCUT2D eigenvalue weighted by Gasteiger charge is -2.47. The summed E-state index contributed by atoms with van der Waals surface area (Å²) in [5.74, 6) is 0. The van der Waals surface area contributed by atoms with Gasteiger partial charge < -0.3 is 0 Å². The molecule has 4 aliphatic rings.